The first-order valence-electron chi connectivity index (χ1n) is 9.03. The van der Waals surface area contributed by atoms with E-state index < -0.39 is 24.6 Å². The van der Waals surface area contributed by atoms with Crippen LogP contribution in [0.5, 0.6) is 11.5 Å². The number of nitrogens with zero attached hydrogens (tertiary/aromatic N) is 2. The van der Waals surface area contributed by atoms with Gasteiger partial charge in [-0.15, -0.1) is 0 Å². The third-order valence-electron chi connectivity index (χ3n) is 4.11. The zero-order valence-electron chi connectivity index (χ0n) is 16.4. The van der Waals surface area contributed by atoms with Crippen molar-refractivity contribution in [3.8, 4) is 17.6 Å². The molecular weight excluding hydrogens is 390 g/mol. The Kier molecular flexibility index (Phi) is 6.49. The molecule has 0 saturated carbocycles. The number of nitriles is 1. The van der Waals surface area contributed by atoms with Crippen molar-refractivity contribution in [1.29, 1.82) is 5.26 Å². The quantitative estimate of drug-likeness (QED) is 0.424. The molecule has 0 saturated heterocycles. The maximum Gasteiger partial charge on any atom is 0.347 e. The molecule has 0 radical (unpaired) electrons. The Labute approximate surface area is 172 Å². The van der Waals surface area contributed by atoms with Gasteiger partial charge in [0.15, 0.2) is 17.6 Å². The van der Waals surface area contributed by atoms with Crippen LogP contribution in [0.1, 0.15) is 25.0 Å². The molecule has 0 spiro atoms. The van der Waals surface area contributed by atoms with Crippen LogP contribution >= 0.6 is 0 Å². The molecule has 9 nitrogen and oxygen atoms in total. The molecule has 154 valence electrons. The molecule has 1 atom stereocenters. The monoisotopic (exact) mass is 409 g/mol. The standard InChI is InChI=1S/C21H19N3O6/c1-13(16-6-7-18-19(9-16)28-12-27-18)24-29-11-20(25)30-14(2)21(26)23-17-5-3-4-15(8-17)10-22/h3-9,14H,11-12H2,1-2H3,(H,23,26)/b24-13-/t14-/m0/s1. The number of oxime groups is 1. The van der Waals surface area contributed by atoms with Gasteiger partial charge in [-0.25, -0.2) is 4.79 Å². The summed E-state index contributed by atoms with van der Waals surface area (Å²) in [6.07, 6.45) is -1.05. The summed E-state index contributed by atoms with van der Waals surface area (Å²) in [5, 5.41) is 15.4. The minimum atomic E-state index is -1.05. The number of fused-ring (bicyclic) bond motifs is 1. The SMILES string of the molecule is C/C(=N/OCC(=O)O[C@@H](C)C(=O)Nc1cccc(C#N)c1)c1ccc2c(c1)OCO2. The van der Waals surface area contributed by atoms with Crippen molar-refractivity contribution in [1.82, 2.24) is 0 Å². The molecule has 3 rings (SSSR count). The van der Waals surface area contributed by atoms with E-state index in [-0.39, 0.29) is 6.79 Å². The van der Waals surface area contributed by atoms with Crippen LogP contribution in [0, 0.1) is 11.3 Å². The predicted octanol–water partition coefficient (Wildman–Crippen LogP) is 2.60. The molecule has 1 aliphatic heterocycles. The molecule has 1 amide bonds. The molecule has 2 aromatic rings. The largest absolute Gasteiger partial charge is 0.454 e. The van der Waals surface area contributed by atoms with Crippen molar-refractivity contribution in [2.45, 2.75) is 20.0 Å². The van der Waals surface area contributed by atoms with Gasteiger partial charge in [-0.2, -0.15) is 5.26 Å². The molecule has 0 unspecified atom stereocenters. The first-order valence-corrected chi connectivity index (χ1v) is 9.03. The Hall–Kier alpha value is -4.06. The van der Waals surface area contributed by atoms with E-state index in [0.717, 1.165) is 5.56 Å². The van der Waals surface area contributed by atoms with Crippen molar-refractivity contribution in [2.24, 2.45) is 5.16 Å². The van der Waals surface area contributed by atoms with Crippen LogP contribution in [0.25, 0.3) is 0 Å². The molecule has 9 heteroatoms. The van der Waals surface area contributed by atoms with Gasteiger partial charge >= 0.3 is 5.97 Å². The van der Waals surface area contributed by atoms with Crippen LogP contribution in [0.15, 0.2) is 47.6 Å². The Morgan fingerprint density at radius 3 is 2.83 bits per heavy atom. The van der Waals surface area contributed by atoms with Gasteiger partial charge in [0.05, 0.1) is 17.3 Å². The first kappa shape index (κ1) is 20.7. The Bertz CT molecular complexity index is 1030. The van der Waals surface area contributed by atoms with E-state index in [2.05, 4.69) is 10.5 Å². The van der Waals surface area contributed by atoms with Gasteiger partial charge in [-0.1, -0.05) is 11.2 Å². The number of nitrogens with one attached hydrogen (secondary N) is 1. The van der Waals surface area contributed by atoms with Gasteiger partial charge in [-0.3, -0.25) is 4.79 Å². The molecule has 0 aromatic heterocycles. The Morgan fingerprint density at radius 2 is 2.03 bits per heavy atom. The predicted molar refractivity (Wildman–Crippen MR) is 106 cm³/mol. The van der Waals surface area contributed by atoms with Crippen LogP contribution < -0.4 is 14.8 Å². The summed E-state index contributed by atoms with van der Waals surface area (Å²) >= 11 is 0. The zero-order valence-corrected chi connectivity index (χ0v) is 16.4. The van der Waals surface area contributed by atoms with Crippen molar-refractivity contribution < 1.29 is 28.6 Å². The third kappa shape index (κ3) is 5.26. The lowest BCUT2D eigenvalue weighted by atomic mass is 10.1. The molecule has 1 heterocycles. The topological polar surface area (TPSA) is 119 Å². The average Bonchev–Trinajstić information content (AvgIpc) is 3.21. The molecular formula is C21H19N3O6. The molecule has 1 aliphatic rings. The summed E-state index contributed by atoms with van der Waals surface area (Å²) in [5.41, 5.74) is 2.12. The molecule has 0 fully saturated rings. The fourth-order valence-corrected chi connectivity index (χ4v) is 2.55. The third-order valence-corrected chi connectivity index (χ3v) is 4.11. The van der Waals surface area contributed by atoms with Gasteiger partial charge in [0.1, 0.15) is 0 Å². The van der Waals surface area contributed by atoms with Gasteiger partial charge in [0.2, 0.25) is 13.4 Å². The van der Waals surface area contributed by atoms with Crippen LogP contribution in [0.2, 0.25) is 0 Å². The fraction of sp³-hybridized carbons (Fsp3) is 0.238. The summed E-state index contributed by atoms with van der Waals surface area (Å²) in [4.78, 5) is 29.1. The normalized spacial score (nSPS) is 13.2. The van der Waals surface area contributed by atoms with E-state index >= 15 is 0 Å². The van der Waals surface area contributed by atoms with E-state index in [1.807, 2.05) is 6.07 Å². The molecule has 1 N–H and O–H groups in total. The van der Waals surface area contributed by atoms with Crippen molar-refractivity contribution in [2.75, 3.05) is 18.7 Å². The van der Waals surface area contributed by atoms with E-state index in [1.165, 1.54) is 13.0 Å². The van der Waals surface area contributed by atoms with Gasteiger partial charge < -0.3 is 24.4 Å². The zero-order chi connectivity index (χ0) is 21.5. The summed E-state index contributed by atoms with van der Waals surface area (Å²) in [6.45, 7) is 2.87. The second kappa shape index (κ2) is 9.43. The van der Waals surface area contributed by atoms with Crippen molar-refractivity contribution in [3.05, 3.63) is 53.6 Å². The smallest absolute Gasteiger partial charge is 0.347 e. The number of benzene rings is 2. The number of hydrogen-bond acceptors (Lipinski definition) is 8. The molecule has 0 bridgehead atoms. The van der Waals surface area contributed by atoms with Gasteiger partial charge in [-0.05, 0) is 50.2 Å². The number of carbonyl (C=O) groups is 2. The number of hydrogen-bond donors (Lipinski definition) is 1. The maximum absolute atomic E-state index is 12.1. The number of esters is 1. The molecule has 30 heavy (non-hydrogen) atoms. The first-order chi connectivity index (χ1) is 14.5. The van der Waals surface area contributed by atoms with Crippen LogP contribution in [-0.4, -0.2) is 37.1 Å². The number of anilines is 1. The highest BCUT2D eigenvalue weighted by Crippen LogP contribution is 2.32. The lowest BCUT2D eigenvalue weighted by Gasteiger charge is -2.13. The Balaban J connectivity index is 1.47. The number of carbonyl (C=O) groups excluding carboxylic acids is 2. The van der Waals surface area contributed by atoms with Gasteiger partial charge in [0, 0.05) is 11.3 Å². The minimum Gasteiger partial charge on any atom is -0.454 e. The highest BCUT2D eigenvalue weighted by molar-refractivity contribution is 5.99. The fourth-order valence-electron chi connectivity index (χ4n) is 2.55. The second-order valence-corrected chi connectivity index (χ2v) is 6.33. The van der Waals surface area contributed by atoms with Crippen molar-refractivity contribution in [3.63, 3.8) is 0 Å². The summed E-state index contributed by atoms with van der Waals surface area (Å²) in [6, 6.07) is 13.7. The molecule has 0 aliphatic carbocycles. The van der Waals surface area contributed by atoms with E-state index in [4.69, 9.17) is 24.3 Å². The lowest BCUT2D eigenvalue weighted by molar-refractivity contribution is -0.157. The summed E-state index contributed by atoms with van der Waals surface area (Å²) in [7, 11) is 0. The van der Waals surface area contributed by atoms with E-state index in [9.17, 15) is 9.59 Å². The van der Waals surface area contributed by atoms with Crippen LogP contribution in [0.3, 0.4) is 0 Å². The number of amides is 1. The van der Waals surface area contributed by atoms with E-state index in [0.29, 0.717) is 28.5 Å². The summed E-state index contributed by atoms with van der Waals surface area (Å²) < 4.78 is 15.6. The Morgan fingerprint density at radius 1 is 1.23 bits per heavy atom. The van der Waals surface area contributed by atoms with Gasteiger partial charge in [0.25, 0.3) is 5.91 Å². The second-order valence-electron chi connectivity index (χ2n) is 6.33. The van der Waals surface area contributed by atoms with Crippen LogP contribution in [0.4, 0.5) is 5.69 Å². The maximum atomic E-state index is 12.1. The molecule has 2 aromatic carbocycles. The summed E-state index contributed by atoms with van der Waals surface area (Å²) in [5.74, 6) is -0.00610. The number of rotatable bonds is 7. The number of ether oxygens (including phenoxy) is 3. The minimum absolute atomic E-state index is 0.173. The van der Waals surface area contributed by atoms with Crippen molar-refractivity contribution >= 4 is 23.3 Å². The highest BCUT2D eigenvalue weighted by Gasteiger charge is 2.19. The average molecular weight is 409 g/mol. The van der Waals surface area contributed by atoms with E-state index in [1.54, 1.807) is 43.3 Å². The van der Waals surface area contributed by atoms with Crippen LogP contribution in [-0.2, 0) is 19.2 Å². The highest BCUT2D eigenvalue weighted by atomic mass is 16.7. The lowest BCUT2D eigenvalue weighted by Crippen LogP contribution is -2.31.